The van der Waals surface area contributed by atoms with Gasteiger partial charge in [-0.2, -0.15) is 0 Å². The highest BCUT2D eigenvalue weighted by atomic mass is 79.9. The van der Waals surface area contributed by atoms with Gasteiger partial charge in [0.15, 0.2) is 0 Å². The van der Waals surface area contributed by atoms with Gasteiger partial charge in [0.05, 0.1) is 10.6 Å². The standard InChI is InChI=1S/C30H33BrCl2FN5O/c1-20-14-25(32)5-3-21(20)17-36-30(40)23-15-27(33)29(35-18-23)39-12-10-38(11-13-39)26-6-8-37(9-7-26)19-22-2-4-24(31)16-28(22)34/h2-5,14-16,18,26H,6-13,17,19H2,1H3,(H,36,40). The second-order valence-electron chi connectivity index (χ2n) is 10.5. The first-order valence-corrected chi connectivity index (χ1v) is 15.2. The molecule has 5 rings (SSSR count). The molecule has 1 amide bonds. The predicted molar refractivity (Wildman–Crippen MR) is 163 cm³/mol. The number of hydrogen-bond acceptors (Lipinski definition) is 5. The fraction of sp³-hybridized carbons (Fsp3) is 0.400. The molecule has 10 heteroatoms. The Kier molecular flexibility index (Phi) is 9.64. The Bertz CT molecular complexity index is 1360. The molecule has 0 radical (unpaired) electrons. The number of anilines is 1. The van der Waals surface area contributed by atoms with Crippen molar-refractivity contribution >= 4 is 50.9 Å². The average molecular weight is 649 g/mol. The molecule has 1 N–H and O–H groups in total. The summed E-state index contributed by atoms with van der Waals surface area (Å²) in [4.78, 5) is 24.4. The predicted octanol–water partition coefficient (Wildman–Crippen LogP) is 6.32. The summed E-state index contributed by atoms with van der Waals surface area (Å²) in [6, 6.07) is 13.2. The molecule has 40 heavy (non-hydrogen) atoms. The van der Waals surface area contributed by atoms with Gasteiger partial charge in [0, 0.05) is 66.6 Å². The highest BCUT2D eigenvalue weighted by molar-refractivity contribution is 9.10. The zero-order valence-electron chi connectivity index (χ0n) is 22.5. The number of nitrogens with zero attached hydrogens (tertiary/aromatic N) is 4. The van der Waals surface area contributed by atoms with Crippen molar-refractivity contribution in [2.45, 2.75) is 38.9 Å². The third kappa shape index (κ3) is 7.15. The monoisotopic (exact) mass is 647 g/mol. The van der Waals surface area contributed by atoms with E-state index in [2.05, 4.69) is 40.9 Å². The minimum absolute atomic E-state index is 0.151. The first kappa shape index (κ1) is 29.3. The molecule has 2 aliphatic rings. The van der Waals surface area contributed by atoms with Gasteiger partial charge in [-0.25, -0.2) is 9.37 Å². The molecule has 3 heterocycles. The van der Waals surface area contributed by atoms with Crippen molar-refractivity contribution < 1.29 is 9.18 Å². The van der Waals surface area contributed by atoms with Gasteiger partial charge in [0.1, 0.15) is 11.6 Å². The third-order valence-corrected chi connectivity index (χ3v) is 8.93. The largest absolute Gasteiger partial charge is 0.353 e. The summed E-state index contributed by atoms with van der Waals surface area (Å²) in [6.07, 6.45) is 3.76. The Hall–Kier alpha value is -2.23. The molecule has 1 aromatic heterocycles. The van der Waals surface area contributed by atoms with Crippen molar-refractivity contribution in [1.82, 2.24) is 20.1 Å². The summed E-state index contributed by atoms with van der Waals surface area (Å²) >= 11 is 16.0. The van der Waals surface area contributed by atoms with Crippen molar-refractivity contribution in [3.63, 3.8) is 0 Å². The van der Waals surface area contributed by atoms with E-state index in [1.165, 1.54) is 6.07 Å². The molecule has 0 atom stereocenters. The van der Waals surface area contributed by atoms with E-state index in [9.17, 15) is 9.18 Å². The number of aryl methyl sites for hydroxylation is 1. The van der Waals surface area contributed by atoms with Gasteiger partial charge in [-0.15, -0.1) is 0 Å². The lowest BCUT2D eigenvalue weighted by Gasteiger charge is -2.43. The second-order valence-corrected chi connectivity index (χ2v) is 12.3. The van der Waals surface area contributed by atoms with E-state index in [0.717, 1.165) is 79.1 Å². The van der Waals surface area contributed by atoms with Crippen molar-refractivity contribution in [2.75, 3.05) is 44.2 Å². The van der Waals surface area contributed by atoms with Crippen LogP contribution in [0.15, 0.2) is 53.1 Å². The van der Waals surface area contributed by atoms with Crippen LogP contribution >= 0.6 is 39.1 Å². The maximum absolute atomic E-state index is 14.3. The van der Waals surface area contributed by atoms with E-state index in [-0.39, 0.29) is 11.7 Å². The molecule has 6 nitrogen and oxygen atoms in total. The topological polar surface area (TPSA) is 51.7 Å². The van der Waals surface area contributed by atoms with Crippen LogP contribution in [0.25, 0.3) is 0 Å². The number of amides is 1. The lowest BCUT2D eigenvalue weighted by Crippen LogP contribution is -2.53. The van der Waals surface area contributed by atoms with Gasteiger partial charge in [0.2, 0.25) is 0 Å². The number of likely N-dealkylation sites (tertiary alicyclic amines) is 1. The van der Waals surface area contributed by atoms with E-state index in [0.29, 0.717) is 34.7 Å². The third-order valence-electron chi connectivity index (χ3n) is 7.92. The molecule has 2 fully saturated rings. The Morgan fingerprint density at radius 2 is 1.75 bits per heavy atom. The van der Waals surface area contributed by atoms with Crippen LogP contribution in [0.5, 0.6) is 0 Å². The smallest absolute Gasteiger partial charge is 0.253 e. The highest BCUT2D eigenvalue weighted by Gasteiger charge is 2.29. The average Bonchev–Trinajstić information content (AvgIpc) is 2.94. The van der Waals surface area contributed by atoms with Crippen molar-refractivity contribution in [1.29, 1.82) is 0 Å². The summed E-state index contributed by atoms with van der Waals surface area (Å²) < 4.78 is 15.0. The summed E-state index contributed by atoms with van der Waals surface area (Å²) in [5.74, 6) is 0.355. The van der Waals surface area contributed by atoms with Crippen LogP contribution in [0.3, 0.4) is 0 Å². The number of hydrogen-bond donors (Lipinski definition) is 1. The molecule has 0 aliphatic carbocycles. The molecular formula is C30H33BrCl2FN5O. The van der Waals surface area contributed by atoms with E-state index in [1.54, 1.807) is 12.3 Å². The number of nitrogens with one attached hydrogen (secondary N) is 1. The molecule has 2 aliphatic heterocycles. The van der Waals surface area contributed by atoms with Crippen molar-refractivity contribution in [3.8, 4) is 0 Å². The minimum atomic E-state index is -0.214. The molecule has 2 aromatic carbocycles. The number of halogens is 4. The minimum Gasteiger partial charge on any atom is -0.353 e. The van der Waals surface area contributed by atoms with Crippen LogP contribution in [-0.2, 0) is 13.1 Å². The van der Waals surface area contributed by atoms with Crippen LogP contribution in [0.2, 0.25) is 10.0 Å². The Morgan fingerprint density at radius 3 is 2.42 bits per heavy atom. The van der Waals surface area contributed by atoms with Gasteiger partial charge in [0.25, 0.3) is 5.91 Å². The molecular weight excluding hydrogens is 616 g/mol. The summed E-state index contributed by atoms with van der Waals surface area (Å²) in [6.45, 7) is 8.50. The summed E-state index contributed by atoms with van der Waals surface area (Å²) in [5.41, 5.74) is 3.23. The first-order valence-electron chi connectivity index (χ1n) is 13.6. The Balaban J connectivity index is 1.09. The fourth-order valence-corrected chi connectivity index (χ4v) is 6.40. The normalized spacial score (nSPS) is 17.3. The second kappa shape index (κ2) is 13.2. The van der Waals surface area contributed by atoms with Crippen LogP contribution < -0.4 is 10.2 Å². The van der Waals surface area contributed by atoms with Crippen LogP contribution in [-0.4, -0.2) is 66.0 Å². The molecule has 212 valence electrons. The Morgan fingerprint density at radius 1 is 1.02 bits per heavy atom. The lowest BCUT2D eigenvalue weighted by atomic mass is 10.0. The summed E-state index contributed by atoms with van der Waals surface area (Å²) in [7, 11) is 0. The van der Waals surface area contributed by atoms with Crippen LogP contribution in [0.1, 0.15) is 39.9 Å². The highest BCUT2D eigenvalue weighted by Crippen LogP contribution is 2.27. The maximum atomic E-state index is 14.3. The quantitative estimate of drug-likeness (QED) is 0.325. The maximum Gasteiger partial charge on any atom is 0.253 e. The first-order chi connectivity index (χ1) is 19.3. The lowest BCUT2D eigenvalue weighted by molar-refractivity contribution is 0.0950. The van der Waals surface area contributed by atoms with Gasteiger partial charge in [-0.3, -0.25) is 14.6 Å². The van der Waals surface area contributed by atoms with Crippen LogP contribution in [0.4, 0.5) is 10.2 Å². The number of carbonyl (C=O) groups is 1. The van der Waals surface area contributed by atoms with Gasteiger partial charge in [-0.05, 0) is 74.3 Å². The van der Waals surface area contributed by atoms with E-state index in [4.69, 9.17) is 23.2 Å². The number of aromatic nitrogens is 1. The number of benzene rings is 2. The number of carbonyl (C=O) groups excluding carboxylic acids is 1. The number of piperidine rings is 1. The summed E-state index contributed by atoms with van der Waals surface area (Å²) in [5, 5.41) is 4.10. The van der Waals surface area contributed by atoms with E-state index in [1.807, 2.05) is 37.3 Å². The van der Waals surface area contributed by atoms with Gasteiger partial charge >= 0.3 is 0 Å². The van der Waals surface area contributed by atoms with E-state index >= 15 is 0 Å². The Labute approximate surface area is 253 Å². The molecule has 0 saturated carbocycles. The van der Waals surface area contributed by atoms with Gasteiger partial charge < -0.3 is 10.2 Å². The zero-order valence-corrected chi connectivity index (χ0v) is 25.6. The molecule has 2 saturated heterocycles. The number of pyridine rings is 1. The molecule has 0 bridgehead atoms. The molecule has 3 aromatic rings. The number of piperazine rings is 1. The van der Waals surface area contributed by atoms with Crippen molar-refractivity contribution in [3.05, 3.63) is 91.3 Å². The van der Waals surface area contributed by atoms with Crippen molar-refractivity contribution in [2.24, 2.45) is 0 Å². The van der Waals surface area contributed by atoms with Gasteiger partial charge in [-0.1, -0.05) is 51.3 Å². The zero-order chi connectivity index (χ0) is 28.2. The number of rotatable bonds is 7. The molecule has 0 unspecified atom stereocenters. The SMILES string of the molecule is Cc1cc(Cl)ccc1CNC(=O)c1cnc(N2CCN(C3CCN(Cc4ccc(Br)cc4F)CC3)CC2)c(Cl)c1. The fourth-order valence-electron chi connectivity index (χ4n) is 5.56. The molecule has 0 spiro atoms. The van der Waals surface area contributed by atoms with Crippen LogP contribution in [0, 0.1) is 12.7 Å². The van der Waals surface area contributed by atoms with E-state index < -0.39 is 0 Å².